The highest BCUT2D eigenvalue weighted by Crippen LogP contribution is 2.30. The first-order valence-electron chi connectivity index (χ1n) is 6.34. The van der Waals surface area contributed by atoms with E-state index in [4.69, 9.17) is 0 Å². The van der Waals surface area contributed by atoms with E-state index in [1.165, 1.54) is 0 Å². The molecule has 0 aliphatic heterocycles. The number of non-ortho nitro benzene ring substituents is 1. The predicted molar refractivity (Wildman–Crippen MR) is 78.7 cm³/mol. The minimum Gasteiger partial charge on any atom is -0.506 e. The highest BCUT2D eigenvalue weighted by atomic mass is 32.2. The fraction of sp³-hybridized carbons (Fsp3) is 0.0769. The van der Waals surface area contributed by atoms with Gasteiger partial charge in [0, 0.05) is 12.1 Å². The topological polar surface area (TPSA) is 119 Å². The molecule has 0 unspecified atom stereocenters. The maximum atomic E-state index is 12.2. The maximum Gasteiger partial charge on any atom is 0.573 e. The van der Waals surface area contributed by atoms with Crippen molar-refractivity contribution in [1.29, 1.82) is 0 Å². The van der Waals surface area contributed by atoms with E-state index in [9.17, 15) is 36.8 Å². The van der Waals surface area contributed by atoms with E-state index in [0.29, 0.717) is 0 Å². The molecule has 0 aliphatic rings. The number of hydrogen-bond acceptors (Lipinski definition) is 6. The predicted octanol–water partition coefficient (Wildman–Crippen LogP) is 3.00. The van der Waals surface area contributed by atoms with Crippen LogP contribution >= 0.6 is 0 Å². The Morgan fingerprint density at radius 1 is 1.12 bits per heavy atom. The molecule has 0 heterocycles. The van der Waals surface area contributed by atoms with Crippen molar-refractivity contribution in [2.45, 2.75) is 11.3 Å². The summed E-state index contributed by atoms with van der Waals surface area (Å²) in [6.07, 6.45) is -4.92. The van der Waals surface area contributed by atoms with Gasteiger partial charge in [-0.3, -0.25) is 14.8 Å². The molecule has 25 heavy (non-hydrogen) atoms. The Morgan fingerprint density at radius 2 is 1.72 bits per heavy atom. The van der Waals surface area contributed by atoms with Gasteiger partial charge in [0.05, 0.1) is 15.5 Å². The molecule has 0 amide bonds. The molecule has 0 fully saturated rings. The number of nitro groups is 1. The van der Waals surface area contributed by atoms with Gasteiger partial charge in [-0.05, 0) is 30.3 Å². The number of halogens is 3. The minimum absolute atomic E-state index is 0.437. The first-order valence-corrected chi connectivity index (χ1v) is 7.82. The molecule has 2 aromatic carbocycles. The van der Waals surface area contributed by atoms with Crippen molar-refractivity contribution in [3.05, 3.63) is 52.6 Å². The zero-order valence-electron chi connectivity index (χ0n) is 12.0. The molecule has 0 atom stereocenters. The Labute approximate surface area is 138 Å². The number of nitro benzene ring substituents is 1. The molecule has 0 saturated carbocycles. The third kappa shape index (κ3) is 4.73. The monoisotopic (exact) mass is 378 g/mol. The summed E-state index contributed by atoms with van der Waals surface area (Å²) in [5.74, 6) is -1.18. The summed E-state index contributed by atoms with van der Waals surface area (Å²) in [5, 5.41) is 20.3. The molecule has 2 rings (SSSR count). The normalized spacial score (nSPS) is 11.8. The highest BCUT2D eigenvalue weighted by Gasteiger charge is 2.31. The average Bonchev–Trinajstić information content (AvgIpc) is 2.48. The van der Waals surface area contributed by atoms with Crippen LogP contribution in [0.4, 0.5) is 24.5 Å². The van der Waals surface area contributed by atoms with Crippen LogP contribution in [0.5, 0.6) is 11.5 Å². The van der Waals surface area contributed by atoms with Crippen molar-refractivity contribution in [2.75, 3.05) is 4.72 Å². The zero-order chi connectivity index (χ0) is 18.8. The molecule has 0 radical (unpaired) electrons. The largest absolute Gasteiger partial charge is 0.573 e. The lowest BCUT2D eigenvalue weighted by Crippen LogP contribution is -2.17. The number of benzene rings is 2. The quantitative estimate of drug-likeness (QED) is 0.469. The Morgan fingerprint density at radius 3 is 2.24 bits per heavy atom. The lowest BCUT2D eigenvalue weighted by atomic mass is 10.2. The second kappa shape index (κ2) is 6.47. The van der Waals surface area contributed by atoms with Crippen molar-refractivity contribution in [2.24, 2.45) is 0 Å². The van der Waals surface area contributed by atoms with Crippen LogP contribution in [0.2, 0.25) is 0 Å². The molecule has 134 valence electrons. The van der Waals surface area contributed by atoms with Gasteiger partial charge < -0.3 is 9.84 Å². The number of anilines is 1. The summed E-state index contributed by atoms with van der Waals surface area (Å²) in [6, 6.07) is 5.96. The van der Waals surface area contributed by atoms with Gasteiger partial charge >= 0.3 is 6.36 Å². The van der Waals surface area contributed by atoms with E-state index in [1.807, 2.05) is 4.72 Å². The van der Waals surface area contributed by atoms with Crippen LogP contribution in [-0.2, 0) is 10.0 Å². The summed E-state index contributed by atoms with van der Waals surface area (Å²) in [6.45, 7) is 0. The summed E-state index contributed by atoms with van der Waals surface area (Å²) >= 11 is 0. The molecule has 2 N–H and O–H groups in total. The summed E-state index contributed by atoms with van der Waals surface area (Å²) in [4.78, 5) is 9.46. The smallest absolute Gasteiger partial charge is 0.506 e. The van der Waals surface area contributed by atoms with Crippen molar-refractivity contribution < 1.29 is 36.4 Å². The average molecular weight is 378 g/mol. The van der Waals surface area contributed by atoms with E-state index < -0.39 is 49.1 Å². The van der Waals surface area contributed by atoms with Crippen LogP contribution < -0.4 is 9.46 Å². The summed E-state index contributed by atoms with van der Waals surface area (Å²) < 4.78 is 66.1. The minimum atomic E-state index is -4.92. The fourth-order valence-corrected chi connectivity index (χ4v) is 2.81. The van der Waals surface area contributed by atoms with Gasteiger partial charge in [-0.25, -0.2) is 8.42 Å². The van der Waals surface area contributed by atoms with Gasteiger partial charge in [-0.1, -0.05) is 0 Å². The zero-order valence-corrected chi connectivity index (χ0v) is 12.8. The van der Waals surface area contributed by atoms with Crippen molar-refractivity contribution in [3.63, 3.8) is 0 Å². The first kappa shape index (κ1) is 18.3. The first-order chi connectivity index (χ1) is 11.5. The lowest BCUT2D eigenvalue weighted by Gasteiger charge is -2.11. The Balaban J connectivity index is 2.28. The third-order valence-electron chi connectivity index (χ3n) is 2.80. The number of ether oxygens (including phenoxy) is 1. The maximum absolute atomic E-state index is 12.2. The van der Waals surface area contributed by atoms with Crippen LogP contribution in [0, 0.1) is 10.1 Å². The number of phenols is 1. The standard InChI is InChI=1S/C13H9F3N2O6S/c14-13(15,16)24-9-2-4-10(5-3-9)25(22,23)17-11-7-8(18(20)21)1-6-12(11)19/h1-7,17,19H. The van der Waals surface area contributed by atoms with Gasteiger partial charge in [0.25, 0.3) is 15.7 Å². The fourth-order valence-electron chi connectivity index (χ4n) is 1.74. The van der Waals surface area contributed by atoms with Crippen molar-refractivity contribution in [1.82, 2.24) is 0 Å². The number of aromatic hydroxyl groups is 1. The Bertz CT molecular complexity index is 897. The number of phenolic OH excluding ortho intramolecular Hbond substituents is 1. The van der Waals surface area contributed by atoms with E-state index in [1.54, 1.807) is 0 Å². The van der Waals surface area contributed by atoms with Gasteiger partial charge in [0.2, 0.25) is 0 Å². The van der Waals surface area contributed by atoms with Crippen LogP contribution in [0.1, 0.15) is 0 Å². The summed E-state index contributed by atoms with van der Waals surface area (Å²) in [7, 11) is -4.31. The summed E-state index contributed by atoms with van der Waals surface area (Å²) in [5.41, 5.74) is -0.922. The number of alkyl halides is 3. The van der Waals surface area contributed by atoms with Crippen LogP contribution in [0.25, 0.3) is 0 Å². The van der Waals surface area contributed by atoms with Crippen molar-refractivity contribution in [3.8, 4) is 11.5 Å². The highest BCUT2D eigenvalue weighted by molar-refractivity contribution is 7.92. The van der Waals surface area contributed by atoms with Crippen LogP contribution in [0.3, 0.4) is 0 Å². The van der Waals surface area contributed by atoms with Gasteiger partial charge in [0.15, 0.2) is 0 Å². The third-order valence-corrected chi connectivity index (χ3v) is 4.18. The van der Waals surface area contributed by atoms with E-state index >= 15 is 0 Å². The number of rotatable bonds is 5. The van der Waals surface area contributed by atoms with E-state index in [-0.39, 0.29) is 0 Å². The van der Waals surface area contributed by atoms with Gasteiger partial charge in [0.1, 0.15) is 11.5 Å². The molecule has 0 spiro atoms. The van der Waals surface area contributed by atoms with Gasteiger partial charge in [-0.2, -0.15) is 0 Å². The van der Waals surface area contributed by atoms with E-state index in [0.717, 1.165) is 42.5 Å². The van der Waals surface area contributed by atoms with Crippen LogP contribution in [-0.4, -0.2) is 24.8 Å². The molecule has 2 aromatic rings. The Hall–Kier alpha value is -3.02. The number of nitrogens with one attached hydrogen (secondary N) is 1. The van der Waals surface area contributed by atoms with Gasteiger partial charge in [-0.15, -0.1) is 13.2 Å². The van der Waals surface area contributed by atoms with Crippen molar-refractivity contribution >= 4 is 21.4 Å². The van der Waals surface area contributed by atoms with Crippen LogP contribution in [0.15, 0.2) is 47.4 Å². The SMILES string of the molecule is O=[N+]([O-])c1ccc(O)c(NS(=O)(=O)c2ccc(OC(F)(F)F)cc2)c1. The molecular formula is C13H9F3N2O6S. The van der Waals surface area contributed by atoms with E-state index in [2.05, 4.69) is 4.74 Å². The molecule has 8 nitrogen and oxygen atoms in total. The molecule has 0 bridgehead atoms. The number of sulfonamides is 1. The molecule has 0 aromatic heterocycles. The molecule has 0 aliphatic carbocycles. The molecule has 12 heteroatoms. The molecule has 0 saturated heterocycles. The second-order valence-corrected chi connectivity index (χ2v) is 6.27. The number of hydrogen-bond donors (Lipinski definition) is 2. The number of nitrogens with zero attached hydrogens (tertiary/aromatic N) is 1. The Kier molecular flexibility index (Phi) is 4.74. The molecular weight excluding hydrogens is 369 g/mol. The lowest BCUT2D eigenvalue weighted by molar-refractivity contribution is -0.384. The second-order valence-electron chi connectivity index (χ2n) is 4.58.